The Balaban J connectivity index is 1.59. The molecule has 3 aromatic heterocycles. The number of nitrogens with zero attached hydrogens (tertiary/aromatic N) is 4. The van der Waals surface area contributed by atoms with Crippen molar-refractivity contribution in [1.29, 1.82) is 0 Å². The smallest absolute Gasteiger partial charge is 0.433 e. The Kier molecular flexibility index (Phi) is 6.30. The lowest BCUT2D eigenvalue weighted by atomic mass is 9.63. The molecule has 35 heavy (non-hydrogen) atoms. The lowest BCUT2D eigenvalue weighted by Crippen LogP contribution is -2.44. The molecule has 0 bridgehead atoms. The molecule has 2 atom stereocenters. The van der Waals surface area contributed by atoms with E-state index in [9.17, 15) is 28.2 Å². The minimum atomic E-state index is -4.59. The average Bonchev–Trinajstić information content (AvgIpc) is 3.23. The number of anilines is 2. The number of alkyl halides is 3. The first-order valence-electron chi connectivity index (χ1n) is 10.8. The second-order valence-corrected chi connectivity index (χ2v) is 10.5. The Morgan fingerprint density at radius 3 is 2.63 bits per heavy atom. The second kappa shape index (κ2) is 8.83. The molecule has 1 aliphatic rings. The first kappa shape index (κ1) is 25.0. The summed E-state index contributed by atoms with van der Waals surface area (Å²) in [5, 5.41) is 24.1. The molecular weight excluding hydrogens is 483 g/mol. The number of pyridine rings is 1. The molecule has 3 heterocycles. The molecule has 0 aliphatic heterocycles. The van der Waals surface area contributed by atoms with Gasteiger partial charge in [-0.15, -0.1) is 11.3 Å². The van der Waals surface area contributed by atoms with E-state index >= 15 is 0 Å². The fourth-order valence-electron chi connectivity index (χ4n) is 4.56. The van der Waals surface area contributed by atoms with Crippen LogP contribution >= 0.6 is 11.3 Å². The Morgan fingerprint density at radius 2 is 1.97 bits per heavy atom. The SMILES string of the molecule is Cc1cc(Nc2nccc(C(F)(F)F)n2)cc(-c2cnc([C@@]3(O)CC[C@@H](C(=O)O)C(C)(C)C3)s2)n1. The molecule has 0 saturated heterocycles. The number of nitrogens with one attached hydrogen (secondary N) is 1. The molecule has 1 saturated carbocycles. The third-order valence-electron chi connectivity index (χ3n) is 6.15. The lowest BCUT2D eigenvalue weighted by molar-refractivity contribution is -0.154. The number of rotatable bonds is 5. The van der Waals surface area contributed by atoms with Crippen LogP contribution in [0.2, 0.25) is 0 Å². The number of hydrogen-bond acceptors (Lipinski definition) is 8. The largest absolute Gasteiger partial charge is 0.481 e. The lowest BCUT2D eigenvalue weighted by Gasteiger charge is -2.44. The van der Waals surface area contributed by atoms with E-state index in [1.807, 2.05) is 13.8 Å². The summed E-state index contributed by atoms with van der Waals surface area (Å²) < 4.78 is 38.9. The first-order valence-corrected chi connectivity index (χ1v) is 11.7. The normalized spacial score (nSPS) is 22.1. The van der Waals surface area contributed by atoms with Crippen molar-refractivity contribution in [3.05, 3.63) is 47.0 Å². The van der Waals surface area contributed by atoms with Gasteiger partial charge in [0.15, 0.2) is 0 Å². The minimum absolute atomic E-state index is 0.201. The van der Waals surface area contributed by atoms with Crippen molar-refractivity contribution in [2.24, 2.45) is 11.3 Å². The summed E-state index contributed by atoms with van der Waals surface area (Å²) in [4.78, 5) is 28.6. The van der Waals surface area contributed by atoms with Gasteiger partial charge in [0.25, 0.3) is 0 Å². The number of aliphatic carboxylic acids is 1. The molecule has 3 aromatic rings. The quantitative estimate of drug-likeness (QED) is 0.433. The van der Waals surface area contributed by atoms with Crippen LogP contribution in [0.1, 0.15) is 49.5 Å². The molecule has 1 fully saturated rings. The third-order valence-corrected chi connectivity index (χ3v) is 7.36. The van der Waals surface area contributed by atoms with Gasteiger partial charge in [0.05, 0.1) is 16.5 Å². The van der Waals surface area contributed by atoms with Crippen LogP contribution in [0.4, 0.5) is 24.8 Å². The highest BCUT2D eigenvalue weighted by atomic mass is 32.1. The summed E-state index contributed by atoms with van der Waals surface area (Å²) in [6, 6.07) is 4.09. The molecule has 4 rings (SSSR count). The summed E-state index contributed by atoms with van der Waals surface area (Å²) in [5.41, 5.74) is -1.35. The molecule has 1 aliphatic carbocycles. The number of aromatic nitrogens is 4. The number of carboxylic acid groups (broad SMARTS) is 1. The molecule has 8 nitrogen and oxygen atoms in total. The predicted octanol–water partition coefficient (Wildman–Crippen LogP) is 5.16. The molecular formula is C23H24F3N5O3S. The van der Waals surface area contributed by atoms with Crippen LogP contribution in [-0.2, 0) is 16.6 Å². The Bertz CT molecular complexity index is 1260. The monoisotopic (exact) mass is 507 g/mol. The van der Waals surface area contributed by atoms with Crippen molar-refractivity contribution in [3.63, 3.8) is 0 Å². The van der Waals surface area contributed by atoms with Gasteiger partial charge in [-0.25, -0.2) is 15.0 Å². The Morgan fingerprint density at radius 1 is 1.23 bits per heavy atom. The number of carbonyl (C=O) groups is 1. The maximum Gasteiger partial charge on any atom is 0.433 e. The highest BCUT2D eigenvalue weighted by Gasteiger charge is 2.49. The zero-order valence-electron chi connectivity index (χ0n) is 19.2. The maximum absolute atomic E-state index is 13.0. The zero-order chi connectivity index (χ0) is 25.6. The van der Waals surface area contributed by atoms with Crippen molar-refractivity contribution in [2.45, 2.75) is 51.8 Å². The predicted molar refractivity (Wildman–Crippen MR) is 123 cm³/mol. The van der Waals surface area contributed by atoms with Gasteiger partial charge in [0.2, 0.25) is 5.95 Å². The maximum atomic E-state index is 13.0. The van der Waals surface area contributed by atoms with E-state index in [4.69, 9.17) is 0 Å². The second-order valence-electron chi connectivity index (χ2n) is 9.43. The van der Waals surface area contributed by atoms with Gasteiger partial charge in [-0.1, -0.05) is 13.8 Å². The standard InChI is InChI=1S/C23H24F3N5O3S/c1-12-8-13(30-20-27-7-5-17(31-20)23(24,25)26)9-15(29-12)16-10-28-19(35-16)22(34)6-4-14(18(32)33)21(2,3)11-22/h5,7-10,14,34H,4,6,11H2,1-3H3,(H,32,33)(H,27,29,30,31)/t14-,22+/m0/s1. The van der Waals surface area contributed by atoms with Gasteiger partial charge < -0.3 is 15.5 Å². The molecule has 0 unspecified atom stereocenters. The number of hydrogen-bond donors (Lipinski definition) is 3. The van der Waals surface area contributed by atoms with Gasteiger partial charge >= 0.3 is 12.1 Å². The third kappa shape index (κ3) is 5.27. The van der Waals surface area contributed by atoms with Crippen molar-refractivity contribution >= 4 is 28.9 Å². The van der Waals surface area contributed by atoms with E-state index < -0.39 is 34.8 Å². The average molecular weight is 508 g/mol. The molecule has 0 aromatic carbocycles. The number of halogens is 3. The summed E-state index contributed by atoms with van der Waals surface area (Å²) in [6.45, 7) is 5.41. The fraction of sp³-hybridized carbons (Fsp3) is 0.435. The molecule has 12 heteroatoms. The Labute approximate surface area is 203 Å². The van der Waals surface area contributed by atoms with Crippen LogP contribution < -0.4 is 5.32 Å². The van der Waals surface area contributed by atoms with Crippen molar-refractivity contribution < 1.29 is 28.2 Å². The van der Waals surface area contributed by atoms with E-state index in [1.54, 1.807) is 25.3 Å². The number of aliphatic hydroxyl groups is 1. The number of aryl methyl sites for hydroxylation is 1. The van der Waals surface area contributed by atoms with E-state index in [-0.39, 0.29) is 18.8 Å². The van der Waals surface area contributed by atoms with E-state index in [2.05, 4.69) is 25.3 Å². The van der Waals surface area contributed by atoms with Crippen molar-refractivity contribution in [2.75, 3.05) is 5.32 Å². The highest BCUT2D eigenvalue weighted by molar-refractivity contribution is 7.15. The van der Waals surface area contributed by atoms with Crippen LogP contribution in [0.3, 0.4) is 0 Å². The van der Waals surface area contributed by atoms with Gasteiger partial charge in [0.1, 0.15) is 16.3 Å². The molecule has 0 radical (unpaired) electrons. The van der Waals surface area contributed by atoms with E-state index in [1.165, 1.54) is 11.3 Å². The van der Waals surface area contributed by atoms with Gasteiger partial charge in [-0.3, -0.25) is 9.78 Å². The Hall–Kier alpha value is -3.12. The van der Waals surface area contributed by atoms with Crippen LogP contribution in [-0.4, -0.2) is 36.1 Å². The van der Waals surface area contributed by atoms with Gasteiger partial charge in [0, 0.05) is 23.8 Å². The molecule has 0 amide bonds. The van der Waals surface area contributed by atoms with Crippen LogP contribution in [0.25, 0.3) is 10.6 Å². The van der Waals surface area contributed by atoms with Crippen molar-refractivity contribution in [1.82, 2.24) is 19.9 Å². The van der Waals surface area contributed by atoms with E-state index in [0.29, 0.717) is 33.4 Å². The fourth-order valence-corrected chi connectivity index (χ4v) is 5.55. The van der Waals surface area contributed by atoms with Gasteiger partial charge in [-0.05, 0) is 49.8 Å². The molecule has 3 N–H and O–H groups in total. The number of thiazole rings is 1. The van der Waals surface area contributed by atoms with Crippen LogP contribution in [0.5, 0.6) is 0 Å². The van der Waals surface area contributed by atoms with Crippen molar-refractivity contribution in [3.8, 4) is 10.6 Å². The summed E-state index contributed by atoms with van der Waals surface area (Å²) in [5.74, 6) is -1.62. The summed E-state index contributed by atoms with van der Waals surface area (Å²) in [7, 11) is 0. The first-order chi connectivity index (χ1) is 16.3. The van der Waals surface area contributed by atoms with Crippen LogP contribution in [0.15, 0.2) is 30.6 Å². The van der Waals surface area contributed by atoms with Crippen LogP contribution in [0, 0.1) is 18.3 Å². The summed E-state index contributed by atoms with van der Waals surface area (Å²) >= 11 is 1.25. The summed E-state index contributed by atoms with van der Waals surface area (Å²) in [6.07, 6.45) is -1.10. The topological polar surface area (TPSA) is 121 Å². The zero-order valence-corrected chi connectivity index (χ0v) is 20.0. The minimum Gasteiger partial charge on any atom is -0.481 e. The molecule has 186 valence electrons. The van der Waals surface area contributed by atoms with Gasteiger partial charge in [-0.2, -0.15) is 13.2 Å². The van der Waals surface area contributed by atoms with E-state index in [0.717, 1.165) is 12.3 Å². The number of carboxylic acids is 1. The molecule has 0 spiro atoms. The highest BCUT2D eigenvalue weighted by Crippen LogP contribution is 2.50.